The third-order valence-corrected chi connectivity index (χ3v) is 4.41. The average molecular weight is 325 g/mol. The third-order valence-electron chi connectivity index (χ3n) is 4.20. The van der Waals surface area contributed by atoms with Gasteiger partial charge in [0.15, 0.2) is 10.2 Å². The Morgan fingerprint density at radius 1 is 1.35 bits per heavy atom. The maximum absolute atomic E-state index is 12.6. The Balaban J connectivity index is 1.62. The van der Waals surface area contributed by atoms with Crippen molar-refractivity contribution in [2.75, 3.05) is 6.54 Å². The number of hydrogen-bond donors (Lipinski definition) is 1. The number of para-hydroxylation sites is 1. The summed E-state index contributed by atoms with van der Waals surface area (Å²) in [5.41, 5.74) is 3.64. The number of benzene rings is 1. The lowest BCUT2D eigenvalue weighted by molar-refractivity contribution is 0.240. The van der Waals surface area contributed by atoms with Crippen molar-refractivity contribution in [3.63, 3.8) is 0 Å². The van der Waals surface area contributed by atoms with Gasteiger partial charge in [-0.1, -0.05) is 12.1 Å². The van der Waals surface area contributed by atoms with Gasteiger partial charge < -0.3 is 9.40 Å². The fourth-order valence-electron chi connectivity index (χ4n) is 3.01. The zero-order valence-corrected chi connectivity index (χ0v) is 13.2. The Kier molecular flexibility index (Phi) is 3.55. The Morgan fingerprint density at radius 2 is 2.22 bits per heavy atom. The molecule has 0 saturated carbocycles. The second-order valence-corrected chi connectivity index (χ2v) is 6.13. The molecule has 1 aromatic carbocycles. The van der Waals surface area contributed by atoms with Gasteiger partial charge in [-0.3, -0.25) is 9.69 Å². The van der Waals surface area contributed by atoms with E-state index in [2.05, 4.69) is 14.9 Å². The first-order valence-electron chi connectivity index (χ1n) is 7.49. The largest absolute Gasteiger partial charge is 0.464 e. The number of rotatable bonds is 2. The molecular weight excluding hydrogens is 310 g/mol. The first kappa shape index (κ1) is 14.3. The van der Waals surface area contributed by atoms with E-state index in [0.717, 1.165) is 30.8 Å². The molecule has 3 heterocycles. The molecule has 23 heavy (non-hydrogen) atoms. The van der Waals surface area contributed by atoms with Gasteiger partial charge in [0.2, 0.25) is 0 Å². The van der Waals surface area contributed by atoms with Crippen LogP contribution in [0.4, 0.5) is 0 Å². The summed E-state index contributed by atoms with van der Waals surface area (Å²) < 4.78 is 6.11. The summed E-state index contributed by atoms with van der Waals surface area (Å²) in [5, 5.41) is 0.633. The molecule has 0 fully saturated rings. The van der Waals surface area contributed by atoms with Crippen LogP contribution in [0.1, 0.15) is 16.8 Å². The molecule has 1 aliphatic heterocycles. The second kappa shape index (κ2) is 5.72. The Bertz CT molecular complexity index is 993. The van der Waals surface area contributed by atoms with Gasteiger partial charge in [0.05, 0.1) is 11.6 Å². The number of nitrogens with one attached hydrogen (secondary N) is 1. The number of aromatic nitrogens is 2. The zero-order valence-electron chi connectivity index (χ0n) is 12.4. The van der Waals surface area contributed by atoms with Crippen LogP contribution in [0.3, 0.4) is 0 Å². The Morgan fingerprint density at radius 3 is 3.13 bits per heavy atom. The minimum Gasteiger partial charge on any atom is -0.464 e. The van der Waals surface area contributed by atoms with E-state index in [-0.39, 0.29) is 5.43 Å². The van der Waals surface area contributed by atoms with Crippen molar-refractivity contribution in [1.82, 2.24) is 14.9 Å². The van der Waals surface area contributed by atoms with Crippen molar-refractivity contribution in [3.05, 3.63) is 68.5 Å². The SMILES string of the molecule is O=c1c(CN2CCc3[nH]c(=S)ncc3C2)coc2ccccc12. The van der Waals surface area contributed by atoms with Crippen LogP contribution < -0.4 is 5.43 Å². The molecule has 0 atom stereocenters. The predicted octanol–water partition coefficient (Wildman–Crippen LogP) is 2.80. The smallest absolute Gasteiger partial charge is 0.197 e. The Labute approximate surface area is 137 Å². The summed E-state index contributed by atoms with van der Waals surface area (Å²) in [6.07, 6.45) is 4.28. The third kappa shape index (κ3) is 2.71. The summed E-state index contributed by atoms with van der Waals surface area (Å²) >= 11 is 5.06. The quantitative estimate of drug-likeness (QED) is 0.734. The summed E-state index contributed by atoms with van der Waals surface area (Å²) in [4.78, 5) is 22.1. The van der Waals surface area contributed by atoms with Crippen LogP contribution in [-0.2, 0) is 19.5 Å². The summed E-state index contributed by atoms with van der Waals surface area (Å²) in [6, 6.07) is 7.34. The molecule has 0 radical (unpaired) electrons. The maximum Gasteiger partial charge on any atom is 0.197 e. The molecule has 1 N–H and O–H groups in total. The molecule has 0 unspecified atom stereocenters. The highest BCUT2D eigenvalue weighted by Gasteiger charge is 2.18. The first-order valence-corrected chi connectivity index (χ1v) is 7.90. The van der Waals surface area contributed by atoms with E-state index in [0.29, 0.717) is 27.8 Å². The lowest BCUT2D eigenvalue weighted by Crippen LogP contribution is -2.32. The summed E-state index contributed by atoms with van der Waals surface area (Å²) in [7, 11) is 0. The van der Waals surface area contributed by atoms with E-state index < -0.39 is 0 Å². The van der Waals surface area contributed by atoms with Crippen LogP contribution in [0.2, 0.25) is 0 Å². The molecule has 0 aliphatic carbocycles. The molecular formula is C17H15N3O2S. The van der Waals surface area contributed by atoms with Crippen molar-refractivity contribution < 1.29 is 4.42 Å². The van der Waals surface area contributed by atoms with Crippen LogP contribution in [0.25, 0.3) is 11.0 Å². The highest BCUT2D eigenvalue weighted by molar-refractivity contribution is 7.71. The number of aromatic amines is 1. The van der Waals surface area contributed by atoms with Crippen LogP contribution in [0, 0.1) is 4.77 Å². The van der Waals surface area contributed by atoms with Crippen LogP contribution in [0.15, 0.2) is 45.9 Å². The van der Waals surface area contributed by atoms with E-state index in [4.69, 9.17) is 16.6 Å². The fourth-order valence-corrected chi connectivity index (χ4v) is 3.18. The lowest BCUT2D eigenvalue weighted by Gasteiger charge is -2.27. The van der Waals surface area contributed by atoms with Crippen molar-refractivity contribution in [2.24, 2.45) is 0 Å². The van der Waals surface area contributed by atoms with Crippen molar-refractivity contribution in [3.8, 4) is 0 Å². The molecule has 1 aliphatic rings. The number of hydrogen-bond acceptors (Lipinski definition) is 5. The van der Waals surface area contributed by atoms with Crippen molar-refractivity contribution in [2.45, 2.75) is 19.5 Å². The lowest BCUT2D eigenvalue weighted by atomic mass is 10.1. The van der Waals surface area contributed by atoms with Crippen molar-refractivity contribution >= 4 is 23.2 Å². The van der Waals surface area contributed by atoms with Gasteiger partial charge in [-0.05, 0) is 24.4 Å². The number of nitrogens with zero attached hydrogens (tertiary/aromatic N) is 2. The number of fused-ring (bicyclic) bond motifs is 2. The minimum absolute atomic E-state index is 0.0447. The topological polar surface area (TPSA) is 62.1 Å². The van der Waals surface area contributed by atoms with Crippen LogP contribution >= 0.6 is 12.2 Å². The van der Waals surface area contributed by atoms with Crippen LogP contribution in [0.5, 0.6) is 0 Å². The minimum atomic E-state index is 0.0447. The van der Waals surface area contributed by atoms with Gasteiger partial charge in [0.25, 0.3) is 0 Å². The van der Waals surface area contributed by atoms with Gasteiger partial charge in [0, 0.05) is 49.1 Å². The first-order chi connectivity index (χ1) is 11.2. The average Bonchev–Trinajstić information content (AvgIpc) is 2.58. The van der Waals surface area contributed by atoms with E-state index in [1.807, 2.05) is 24.4 Å². The molecule has 0 bridgehead atoms. The monoisotopic (exact) mass is 325 g/mol. The predicted molar refractivity (Wildman–Crippen MR) is 89.7 cm³/mol. The number of H-pyrrole nitrogens is 1. The molecule has 2 aromatic heterocycles. The molecule has 0 spiro atoms. The highest BCUT2D eigenvalue weighted by Crippen LogP contribution is 2.18. The maximum atomic E-state index is 12.6. The van der Waals surface area contributed by atoms with E-state index in [1.165, 1.54) is 0 Å². The van der Waals surface area contributed by atoms with Gasteiger partial charge >= 0.3 is 0 Å². The summed E-state index contributed by atoms with van der Waals surface area (Å²) in [5.74, 6) is 0. The Hall–Kier alpha value is -2.31. The molecule has 6 heteroatoms. The molecule has 0 saturated heterocycles. The molecule has 3 aromatic rings. The van der Waals surface area contributed by atoms with Crippen molar-refractivity contribution in [1.29, 1.82) is 0 Å². The molecule has 116 valence electrons. The molecule has 5 nitrogen and oxygen atoms in total. The van der Waals surface area contributed by atoms with E-state index in [9.17, 15) is 4.79 Å². The van der Waals surface area contributed by atoms with E-state index >= 15 is 0 Å². The molecule has 4 rings (SSSR count). The normalized spacial score (nSPS) is 14.8. The van der Waals surface area contributed by atoms with Gasteiger partial charge in [0.1, 0.15) is 5.58 Å². The zero-order chi connectivity index (χ0) is 15.8. The van der Waals surface area contributed by atoms with Gasteiger partial charge in [-0.2, -0.15) is 0 Å². The second-order valence-electron chi connectivity index (χ2n) is 5.74. The van der Waals surface area contributed by atoms with Crippen LogP contribution in [-0.4, -0.2) is 21.4 Å². The van der Waals surface area contributed by atoms with Gasteiger partial charge in [-0.15, -0.1) is 0 Å². The highest BCUT2D eigenvalue weighted by atomic mass is 32.1. The fraction of sp³-hybridized carbons (Fsp3) is 0.235. The standard InChI is InChI=1S/C17H15N3O2S/c21-16-12(10-22-15-4-2-1-3-13(15)16)9-20-6-5-14-11(8-20)7-18-17(23)19-14/h1-4,7,10H,5-6,8-9H2,(H,18,19,23). The van der Waals surface area contributed by atoms with E-state index in [1.54, 1.807) is 12.3 Å². The summed E-state index contributed by atoms with van der Waals surface area (Å²) in [6.45, 7) is 2.19. The van der Waals surface area contributed by atoms with Gasteiger partial charge in [-0.25, -0.2) is 4.98 Å². The molecule has 0 amide bonds.